The largest absolute Gasteiger partial charge is 0.451 e. The zero-order valence-corrected chi connectivity index (χ0v) is 20.2. The molecule has 3 aromatic rings. The number of halogens is 2. The van der Waals surface area contributed by atoms with Crippen LogP contribution in [0.4, 0.5) is 14.5 Å². The fourth-order valence-electron chi connectivity index (χ4n) is 4.22. The Kier molecular flexibility index (Phi) is 5.91. The lowest BCUT2D eigenvalue weighted by atomic mass is 9.99. The highest BCUT2D eigenvalue weighted by Crippen LogP contribution is 2.46. The van der Waals surface area contributed by atoms with Gasteiger partial charge < -0.3 is 9.73 Å². The second-order valence-corrected chi connectivity index (χ2v) is 11.3. The molecule has 1 heterocycles. The van der Waals surface area contributed by atoms with E-state index in [2.05, 4.69) is 23.5 Å². The summed E-state index contributed by atoms with van der Waals surface area (Å²) in [5.41, 5.74) is 2.97. The molecule has 2 saturated carbocycles. The average Bonchev–Trinajstić information content (AvgIpc) is 3.72. The van der Waals surface area contributed by atoms with Gasteiger partial charge in [-0.05, 0) is 97.5 Å². The van der Waals surface area contributed by atoms with E-state index in [1.165, 1.54) is 36.8 Å². The van der Waals surface area contributed by atoms with Crippen molar-refractivity contribution in [3.63, 3.8) is 0 Å². The van der Waals surface area contributed by atoms with Crippen molar-refractivity contribution in [3.8, 4) is 11.3 Å². The van der Waals surface area contributed by atoms with Crippen LogP contribution in [0.5, 0.6) is 0 Å². The van der Waals surface area contributed by atoms with E-state index >= 15 is 0 Å². The number of carbonyl (C=O) groups is 1. The first-order chi connectivity index (χ1) is 16.6. The van der Waals surface area contributed by atoms with E-state index in [4.69, 9.17) is 4.42 Å². The maximum atomic E-state index is 14.3. The number of hydrogen-bond acceptors (Lipinski definition) is 4. The number of hydrogen-bond donors (Lipinski definition) is 2. The van der Waals surface area contributed by atoms with Crippen LogP contribution in [0.15, 0.2) is 46.9 Å². The topological polar surface area (TPSA) is 88.4 Å². The van der Waals surface area contributed by atoms with Crippen LogP contribution in [0.2, 0.25) is 0 Å². The van der Waals surface area contributed by atoms with Gasteiger partial charge >= 0.3 is 0 Å². The molecule has 0 radical (unpaired) electrons. The van der Waals surface area contributed by atoms with E-state index in [1.807, 2.05) is 4.72 Å². The lowest BCUT2D eigenvalue weighted by Crippen LogP contribution is -2.26. The molecule has 1 aromatic heterocycles. The van der Waals surface area contributed by atoms with E-state index in [0.29, 0.717) is 17.6 Å². The lowest BCUT2D eigenvalue weighted by Gasteiger charge is -2.15. The molecule has 0 unspecified atom stereocenters. The van der Waals surface area contributed by atoms with Crippen molar-refractivity contribution in [1.29, 1.82) is 0 Å². The summed E-state index contributed by atoms with van der Waals surface area (Å²) >= 11 is 0. The number of anilines is 1. The number of rotatable bonds is 8. The highest BCUT2D eigenvalue weighted by atomic mass is 32.2. The third-order valence-corrected chi connectivity index (χ3v) is 6.96. The predicted octanol–water partition coefficient (Wildman–Crippen LogP) is 5.84. The first kappa shape index (κ1) is 23.5. The van der Waals surface area contributed by atoms with Crippen LogP contribution in [0.3, 0.4) is 0 Å². The SMILES string of the molecule is C[C@@H](NC(=O)c1ccc(-c2cc(C3CC3)cc(C3CC3)c2)o1)c1cc(F)c(NS(C)(=O)=O)c(F)c1. The Morgan fingerprint density at radius 2 is 1.54 bits per heavy atom. The molecular formula is C26H26F2N2O4S. The second kappa shape index (κ2) is 8.78. The molecule has 0 bridgehead atoms. The number of amides is 1. The average molecular weight is 501 g/mol. The summed E-state index contributed by atoms with van der Waals surface area (Å²) in [5, 5.41) is 2.67. The van der Waals surface area contributed by atoms with Gasteiger partial charge in [0.15, 0.2) is 17.4 Å². The summed E-state index contributed by atoms with van der Waals surface area (Å²) in [7, 11) is -3.85. The number of furan rings is 1. The van der Waals surface area contributed by atoms with Crippen molar-refractivity contribution in [2.45, 2.75) is 50.5 Å². The molecule has 2 aromatic carbocycles. The molecule has 2 aliphatic carbocycles. The smallest absolute Gasteiger partial charge is 0.287 e. The highest BCUT2D eigenvalue weighted by Gasteiger charge is 2.29. The number of benzene rings is 2. The van der Waals surface area contributed by atoms with Gasteiger partial charge in [-0.15, -0.1) is 0 Å². The Labute approximate surface area is 202 Å². The molecule has 0 aliphatic heterocycles. The molecule has 1 atom stereocenters. The van der Waals surface area contributed by atoms with Crippen LogP contribution in [0.25, 0.3) is 11.3 Å². The summed E-state index contributed by atoms with van der Waals surface area (Å²) in [6.07, 6.45) is 5.59. The van der Waals surface area contributed by atoms with Crippen molar-refractivity contribution >= 4 is 21.6 Å². The van der Waals surface area contributed by atoms with Crippen LogP contribution >= 0.6 is 0 Å². The van der Waals surface area contributed by atoms with Crippen molar-refractivity contribution in [2.24, 2.45) is 0 Å². The molecule has 35 heavy (non-hydrogen) atoms. The molecule has 1 amide bonds. The van der Waals surface area contributed by atoms with Gasteiger partial charge in [-0.25, -0.2) is 17.2 Å². The quantitative estimate of drug-likeness (QED) is 0.407. The van der Waals surface area contributed by atoms with Gasteiger partial charge in [0, 0.05) is 5.56 Å². The van der Waals surface area contributed by atoms with E-state index in [0.717, 1.165) is 24.0 Å². The van der Waals surface area contributed by atoms with Crippen molar-refractivity contribution in [3.05, 3.63) is 76.5 Å². The van der Waals surface area contributed by atoms with Crippen molar-refractivity contribution in [2.75, 3.05) is 11.0 Å². The van der Waals surface area contributed by atoms with Crippen molar-refractivity contribution < 1.29 is 26.4 Å². The van der Waals surface area contributed by atoms with Gasteiger partial charge in [0.05, 0.1) is 12.3 Å². The molecular weight excluding hydrogens is 474 g/mol. The molecule has 5 rings (SSSR count). The minimum Gasteiger partial charge on any atom is -0.451 e. The van der Waals surface area contributed by atoms with E-state index < -0.39 is 39.3 Å². The molecule has 9 heteroatoms. The predicted molar refractivity (Wildman–Crippen MR) is 129 cm³/mol. The number of carbonyl (C=O) groups excluding carboxylic acids is 1. The molecule has 6 nitrogen and oxygen atoms in total. The first-order valence-corrected chi connectivity index (χ1v) is 13.5. The standard InChI is InChI=1S/C26H26F2N2O4S/c1-14(17-12-21(27)25(22(28)13-17)30-35(2,32)33)29-26(31)24-8-7-23(34-24)20-10-18(15-3-4-15)9-19(11-20)16-5-6-16/h7-16,30H,3-6H2,1-2H3,(H,29,31)/t14-/m1/s1. The third-order valence-electron chi connectivity index (χ3n) is 6.39. The van der Waals surface area contributed by atoms with Gasteiger partial charge in [-0.2, -0.15) is 0 Å². The summed E-state index contributed by atoms with van der Waals surface area (Å²) in [6.45, 7) is 1.57. The zero-order chi connectivity index (χ0) is 24.9. The highest BCUT2D eigenvalue weighted by molar-refractivity contribution is 7.92. The van der Waals surface area contributed by atoms with Crippen LogP contribution < -0.4 is 10.0 Å². The normalized spacial score (nSPS) is 16.7. The van der Waals surface area contributed by atoms with E-state index in [1.54, 1.807) is 19.1 Å². The van der Waals surface area contributed by atoms with Gasteiger partial charge in [0.1, 0.15) is 11.4 Å². The number of nitrogens with one attached hydrogen (secondary N) is 2. The summed E-state index contributed by atoms with van der Waals surface area (Å²) in [5.74, 6) is -0.781. The maximum absolute atomic E-state index is 14.3. The Bertz CT molecular complexity index is 1360. The summed E-state index contributed by atoms with van der Waals surface area (Å²) < 4.78 is 59.0. The Morgan fingerprint density at radius 3 is 2.06 bits per heavy atom. The Hall–Kier alpha value is -3.20. The van der Waals surface area contributed by atoms with Crippen molar-refractivity contribution in [1.82, 2.24) is 5.32 Å². The first-order valence-electron chi connectivity index (χ1n) is 11.6. The Balaban J connectivity index is 1.32. The summed E-state index contributed by atoms with van der Waals surface area (Å²) in [6, 6.07) is 11.1. The van der Waals surface area contributed by atoms with Gasteiger partial charge in [-0.1, -0.05) is 6.07 Å². The molecule has 184 valence electrons. The van der Waals surface area contributed by atoms with Crippen LogP contribution in [0.1, 0.15) is 77.7 Å². The minimum absolute atomic E-state index is 0.0907. The fourth-order valence-corrected chi connectivity index (χ4v) is 4.78. The third kappa shape index (κ3) is 5.40. The number of sulfonamides is 1. The van der Waals surface area contributed by atoms with Crippen LogP contribution in [-0.2, 0) is 10.0 Å². The van der Waals surface area contributed by atoms with E-state index in [-0.39, 0.29) is 11.3 Å². The fraction of sp³-hybridized carbons (Fsp3) is 0.346. The second-order valence-electron chi connectivity index (χ2n) is 9.53. The zero-order valence-electron chi connectivity index (χ0n) is 19.4. The molecule has 2 fully saturated rings. The molecule has 2 aliphatic rings. The molecule has 0 spiro atoms. The molecule has 2 N–H and O–H groups in total. The Morgan fingerprint density at radius 1 is 0.971 bits per heavy atom. The lowest BCUT2D eigenvalue weighted by molar-refractivity contribution is 0.0912. The van der Waals surface area contributed by atoms with Gasteiger partial charge in [0.2, 0.25) is 10.0 Å². The summed E-state index contributed by atoms with van der Waals surface area (Å²) in [4.78, 5) is 12.8. The molecule has 0 saturated heterocycles. The monoisotopic (exact) mass is 500 g/mol. The van der Waals surface area contributed by atoms with Gasteiger partial charge in [0.25, 0.3) is 5.91 Å². The van der Waals surface area contributed by atoms with E-state index in [9.17, 15) is 22.0 Å². The van der Waals surface area contributed by atoms with Crippen LogP contribution in [-0.4, -0.2) is 20.6 Å². The minimum atomic E-state index is -3.85. The maximum Gasteiger partial charge on any atom is 0.287 e. The van der Waals surface area contributed by atoms with Crippen LogP contribution in [0, 0.1) is 11.6 Å². The van der Waals surface area contributed by atoms with Gasteiger partial charge in [-0.3, -0.25) is 9.52 Å².